The van der Waals surface area contributed by atoms with E-state index in [1.807, 2.05) is 0 Å². The smallest absolute Gasteiger partial charge is 0.326 e. The summed E-state index contributed by atoms with van der Waals surface area (Å²) in [6.07, 6.45) is 5.28. The number of nitrogens with one attached hydrogen (secondary N) is 2. The second-order valence-electron chi connectivity index (χ2n) is 5.67. The molecule has 1 amide bonds. The van der Waals surface area contributed by atoms with Crippen molar-refractivity contribution < 1.29 is 22.7 Å². The Hall–Kier alpha value is -3.15. The number of amides is 1. The van der Waals surface area contributed by atoms with Crippen molar-refractivity contribution in [1.82, 2.24) is 10.0 Å². The van der Waals surface area contributed by atoms with Crippen LogP contribution in [0.2, 0.25) is 0 Å². The van der Waals surface area contributed by atoms with E-state index in [1.165, 1.54) is 24.3 Å². The molecule has 0 aliphatic rings. The van der Waals surface area contributed by atoms with Crippen LogP contribution in [0.15, 0.2) is 59.5 Å². The minimum atomic E-state index is -3.97. The molecular formula is C20H20N2O5S. The summed E-state index contributed by atoms with van der Waals surface area (Å²) in [5.41, 5.74) is 0.948. The molecule has 0 saturated carbocycles. The maximum absolute atomic E-state index is 12.5. The largest absolute Gasteiger partial charge is 0.465 e. The standard InChI is InChI=1S/C20H20N2O5S/c1-3-15-10-12-16(13-11-15)19(23)21-14-18(20(24)27-4-2)22-28(25,26)17-8-6-5-7-9-17/h1,5-13,18,22H,4,14H2,2H3,(H,21,23)/t18-/m0/s1. The van der Waals surface area contributed by atoms with Crippen LogP contribution in [0.3, 0.4) is 0 Å². The summed E-state index contributed by atoms with van der Waals surface area (Å²) in [4.78, 5) is 24.4. The van der Waals surface area contributed by atoms with Gasteiger partial charge in [0.25, 0.3) is 5.91 Å². The van der Waals surface area contributed by atoms with E-state index in [1.54, 1.807) is 37.3 Å². The fourth-order valence-electron chi connectivity index (χ4n) is 2.29. The molecule has 0 heterocycles. The highest BCUT2D eigenvalue weighted by Gasteiger charge is 2.27. The van der Waals surface area contributed by atoms with Crippen LogP contribution >= 0.6 is 0 Å². The Bertz CT molecular complexity index is 964. The molecule has 146 valence electrons. The fraction of sp³-hybridized carbons (Fsp3) is 0.200. The number of terminal acetylenes is 1. The highest BCUT2D eigenvalue weighted by Crippen LogP contribution is 2.09. The van der Waals surface area contributed by atoms with Crippen molar-refractivity contribution in [3.05, 3.63) is 65.7 Å². The number of hydrogen-bond donors (Lipinski definition) is 2. The average Bonchev–Trinajstić information content (AvgIpc) is 2.71. The Morgan fingerprint density at radius 3 is 2.32 bits per heavy atom. The second-order valence-corrected chi connectivity index (χ2v) is 7.38. The van der Waals surface area contributed by atoms with Crippen LogP contribution in [-0.4, -0.2) is 39.5 Å². The molecule has 0 aliphatic heterocycles. The third-order valence-corrected chi connectivity index (χ3v) is 5.19. The zero-order valence-corrected chi connectivity index (χ0v) is 16.0. The van der Waals surface area contributed by atoms with Gasteiger partial charge in [-0.05, 0) is 43.3 Å². The lowest BCUT2D eigenvalue weighted by Crippen LogP contribution is -2.49. The molecule has 7 nitrogen and oxygen atoms in total. The topological polar surface area (TPSA) is 102 Å². The van der Waals surface area contributed by atoms with Gasteiger partial charge in [-0.3, -0.25) is 9.59 Å². The van der Waals surface area contributed by atoms with Crippen molar-refractivity contribution in [3.8, 4) is 12.3 Å². The van der Waals surface area contributed by atoms with Crippen LogP contribution in [0.25, 0.3) is 0 Å². The molecule has 2 N–H and O–H groups in total. The van der Waals surface area contributed by atoms with Gasteiger partial charge in [-0.1, -0.05) is 24.1 Å². The Morgan fingerprint density at radius 1 is 1.11 bits per heavy atom. The summed E-state index contributed by atoms with van der Waals surface area (Å²) < 4.78 is 32.2. The molecule has 0 spiro atoms. The van der Waals surface area contributed by atoms with Gasteiger partial charge in [0.05, 0.1) is 11.5 Å². The Kier molecular flexibility index (Phi) is 7.32. The van der Waals surface area contributed by atoms with Crippen LogP contribution in [0.4, 0.5) is 0 Å². The van der Waals surface area contributed by atoms with Gasteiger partial charge in [0.15, 0.2) is 0 Å². The Labute approximate surface area is 164 Å². The summed E-state index contributed by atoms with van der Waals surface area (Å²) in [7, 11) is -3.97. The first kappa shape index (κ1) is 21.2. The lowest BCUT2D eigenvalue weighted by Gasteiger charge is -2.18. The highest BCUT2D eigenvalue weighted by molar-refractivity contribution is 7.89. The predicted molar refractivity (Wildman–Crippen MR) is 104 cm³/mol. The lowest BCUT2D eigenvalue weighted by atomic mass is 10.1. The second kappa shape index (κ2) is 9.69. The summed E-state index contributed by atoms with van der Waals surface area (Å²) in [6.45, 7) is 1.40. The molecule has 0 radical (unpaired) electrons. The van der Waals surface area contributed by atoms with Crippen molar-refractivity contribution in [2.75, 3.05) is 13.2 Å². The molecule has 0 aromatic heterocycles. The third kappa shape index (κ3) is 5.67. The van der Waals surface area contributed by atoms with E-state index < -0.39 is 27.9 Å². The first-order valence-corrected chi connectivity index (χ1v) is 9.94. The minimum absolute atomic E-state index is 0.000461. The number of carbonyl (C=O) groups excluding carboxylic acids is 2. The Balaban J connectivity index is 2.11. The molecule has 2 rings (SSSR count). The van der Waals surface area contributed by atoms with E-state index in [0.29, 0.717) is 11.1 Å². The van der Waals surface area contributed by atoms with E-state index in [0.717, 1.165) is 0 Å². The molecule has 0 saturated heterocycles. The van der Waals surface area contributed by atoms with Crippen molar-refractivity contribution in [2.45, 2.75) is 17.9 Å². The van der Waals surface area contributed by atoms with Crippen molar-refractivity contribution in [2.24, 2.45) is 0 Å². The van der Waals surface area contributed by atoms with Gasteiger partial charge in [0.2, 0.25) is 10.0 Å². The number of hydrogen-bond acceptors (Lipinski definition) is 5. The summed E-state index contributed by atoms with van der Waals surface area (Å²) in [6, 6.07) is 12.6. The first-order valence-electron chi connectivity index (χ1n) is 8.46. The lowest BCUT2D eigenvalue weighted by molar-refractivity contribution is -0.144. The molecular weight excluding hydrogens is 380 g/mol. The maximum Gasteiger partial charge on any atom is 0.326 e. The van der Waals surface area contributed by atoms with Crippen molar-refractivity contribution in [1.29, 1.82) is 0 Å². The predicted octanol–water partition coefficient (Wildman–Crippen LogP) is 1.31. The van der Waals surface area contributed by atoms with Gasteiger partial charge in [-0.2, -0.15) is 4.72 Å². The van der Waals surface area contributed by atoms with Gasteiger partial charge in [-0.15, -0.1) is 6.42 Å². The summed E-state index contributed by atoms with van der Waals surface area (Å²) in [5, 5.41) is 2.53. The molecule has 1 atom stereocenters. The van der Waals surface area contributed by atoms with Crippen LogP contribution < -0.4 is 10.0 Å². The number of sulfonamides is 1. The van der Waals surface area contributed by atoms with E-state index >= 15 is 0 Å². The van der Waals surface area contributed by atoms with E-state index in [9.17, 15) is 18.0 Å². The number of benzene rings is 2. The quantitative estimate of drug-likeness (QED) is 0.514. The Morgan fingerprint density at radius 2 is 1.75 bits per heavy atom. The molecule has 0 fully saturated rings. The SMILES string of the molecule is C#Cc1ccc(C(=O)NC[C@H](NS(=O)(=O)c2ccccc2)C(=O)OCC)cc1. The molecule has 2 aromatic carbocycles. The van der Waals surface area contributed by atoms with Gasteiger partial charge in [0, 0.05) is 17.7 Å². The van der Waals surface area contributed by atoms with Crippen molar-refractivity contribution in [3.63, 3.8) is 0 Å². The number of carbonyl (C=O) groups is 2. The summed E-state index contributed by atoms with van der Waals surface area (Å²) in [5.74, 6) is 1.18. The van der Waals surface area contributed by atoms with Crippen LogP contribution in [0.1, 0.15) is 22.8 Å². The average molecular weight is 400 g/mol. The first-order chi connectivity index (χ1) is 13.4. The van der Waals surface area contributed by atoms with Gasteiger partial charge >= 0.3 is 5.97 Å². The van der Waals surface area contributed by atoms with Crippen LogP contribution in [-0.2, 0) is 19.6 Å². The minimum Gasteiger partial charge on any atom is -0.465 e. The molecule has 8 heteroatoms. The van der Waals surface area contributed by atoms with E-state index in [2.05, 4.69) is 16.0 Å². The van der Waals surface area contributed by atoms with Crippen molar-refractivity contribution >= 4 is 21.9 Å². The van der Waals surface area contributed by atoms with Gasteiger partial charge in [-0.25, -0.2) is 8.42 Å². The van der Waals surface area contributed by atoms with Gasteiger partial charge < -0.3 is 10.1 Å². The maximum atomic E-state index is 12.5. The molecule has 0 aliphatic carbocycles. The third-order valence-electron chi connectivity index (χ3n) is 3.70. The molecule has 0 bridgehead atoms. The van der Waals surface area contributed by atoms with Gasteiger partial charge in [0.1, 0.15) is 6.04 Å². The fourth-order valence-corrected chi connectivity index (χ4v) is 3.49. The van der Waals surface area contributed by atoms with E-state index in [4.69, 9.17) is 11.2 Å². The molecule has 0 unspecified atom stereocenters. The molecule has 28 heavy (non-hydrogen) atoms. The van der Waals surface area contributed by atoms with E-state index in [-0.39, 0.29) is 18.0 Å². The summed E-state index contributed by atoms with van der Waals surface area (Å²) >= 11 is 0. The number of rotatable bonds is 8. The van der Waals surface area contributed by atoms with Crippen LogP contribution in [0.5, 0.6) is 0 Å². The zero-order valence-electron chi connectivity index (χ0n) is 15.2. The number of esters is 1. The monoisotopic (exact) mass is 400 g/mol. The zero-order chi connectivity index (χ0) is 20.6. The highest BCUT2D eigenvalue weighted by atomic mass is 32.2. The normalized spacial score (nSPS) is 11.9. The molecule has 2 aromatic rings. The number of ether oxygens (including phenoxy) is 1. The van der Waals surface area contributed by atoms with Crippen LogP contribution in [0, 0.1) is 12.3 Å².